The van der Waals surface area contributed by atoms with Crippen LogP contribution in [0.15, 0.2) is 24.3 Å². The van der Waals surface area contributed by atoms with E-state index in [1.807, 2.05) is 12.1 Å². The van der Waals surface area contributed by atoms with E-state index < -0.39 is 0 Å². The number of pyridine rings is 1. The fraction of sp³-hybridized carbons (Fsp3) is 0.471. The quantitative estimate of drug-likeness (QED) is 0.827. The van der Waals surface area contributed by atoms with Crippen LogP contribution < -0.4 is 5.32 Å². The molecular weight excluding hydrogens is 268 g/mol. The fourth-order valence-electron chi connectivity index (χ4n) is 2.21. The first-order valence-electron chi connectivity index (χ1n) is 7.23. The molecule has 0 aliphatic heterocycles. The van der Waals surface area contributed by atoms with Gasteiger partial charge in [0.25, 0.3) is 0 Å². The molecule has 2 aromatic rings. The average Bonchev–Trinajstić information content (AvgIpc) is 2.38. The van der Waals surface area contributed by atoms with Gasteiger partial charge in [-0.1, -0.05) is 51.4 Å². The molecule has 0 saturated heterocycles. The number of para-hydroxylation sites is 1. The van der Waals surface area contributed by atoms with Gasteiger partial charge in [0, 0.05) is 23.0 Å². The molecule has 0 radical (unpaired) electrons. The van der Waals surface area contributed by atoms with Crippen LogP contribution >= 0.6 is 11.6 Å². The van der Waals surface area contributed by atoms with Gasteiger partial charge >= 0.3 is 0 Å². The molecule has 0 unspecified atom stereocenters. The van der Waals surface area contributed by atoms with Crippen molar-refractivity contribution in [1.82, 2.24) is 10.3 Å². The van der Waals surface area contributed by atoms with Crippen molar-refractivity contribution in [3.05, 3.63) is 40.5 Å². The van der Waals surface area contributed by atoms with Crippen molar-refractivity contribution in [3.63, 3.8) is 0 Å². The Kier molecular flexibility index (Phi) is 4.66. The van der Waals surface area contributed by atoms with Gasteiger partial charge in [-0.2, -0.15) is 0 Å². The lowest BCUT2D eigenvalue weighted by Gasteiger charge is -2.20. The number of halogens is 1. The van der Waals surface area contributed by atoms with Crippen LogP contribution in [0, 0.1) is 0 Å². The van der Waals surface area contributed by atoms with Crippen LogP contribution in [0.4, 0.5) is 0 Å². The normalized spacial score (nSPS) is 12.1. The lowest BCUT2D eigenvalue weighted by Crippen LogP contribution is -2.18. The zero-order valence-electron chi connectivity index (χ0n) is 12.8. The third kappa shape index (κ3) is 3.31. The Bertz CT molecular complexity index is 600. The van der Waals surface area contributed by atoms with Crippen molar-refractivity contribution in [2.24, 2.45) is 0 Å². The molecular formula is C17H23ClN2. The molecule has 0 fully saturated rings. The molecule has 0 aliphatic carbocycles. The summed E-state index contributed by atoms with van der Waals surface area (Å²) in [5, 5.41) is 5.35. The fourth-order valence-corrected chi connectivity index (χ4v) is 2.43. The minimum atomic E-state index is 0.0207. The highest BCUT2D eigenvalue weighted by molar-refractivity contribution is 6.35. The van der Waals surface area contributed by atoms with E-state index in [2.05, 4.69) is 45.1 Å². The van der Waals surface area contributed by atoms with E-state index in [0.29, 0.717) is 0 Å². The van der Waals surface area contributed by atoms with Crippen molar-refractivity contribution in [3.8, 4) is 0 Å². The molecule has 0 spiro atoms. The number of benzene rings is 1. The molecule has 0 saturated carbocycles. The second-order valence-corrected chi connectivity index (χ2v) is 6.64. The van der Waals surface area contributed by atoms with Gasteiger partial charge in [0.15, 0.2) is 0 Å². The smallest absolute Gasteiger partial charge is 0.0894 e. The zero-order valence-corrected chi connectivity index (χ0v) is 13.5. The summed E-state index contributed by atoms with van der Waals surface area (Å²) in [6.45, 7) is 10.6. The molecule has 0 amide bonds. The SMILES string of the molecule is CCCNCc1cc(C(C)(C)C)nc2c(Cl)cccc12. The first-order chi connectivity index (χ1) is 9.43. The number of fused-ring (bicyclic) bond motifs is 1. The number of nitrogens with zero attached hydrogens (tertiary/aromatic N) is 1. The number of hydrogen-bond acceptors (Lipinski definition) is 2. The first-order valence-corrected chi connectivity index (χ1v) is 7.60. The maximum Gasteiger partial charge on any atom is 0.0894 e. The van der Waals surface area contributed by atoms with Gasteiger partial charge in [0.05, 0.1) is 10.5 Å². The van der Waals surface area contributed by atoms with Crippen LogP contribution in [0.25, 0.3) is 10.9 Å². The van der Waals surface area contributed by atoms with Crippen molar-refractivity contribution >= 4 is 22.5 Å². The molecule has 1 N–H and O–H groups in total. The van der Waals surface area contributed by atoms with Crippen molar-refractivity contribution < 1.29 is 0 Å². The number of hydrogen-bond donors (Lipinski definition) is 1. The number of nitrogens with one attached hydrogen (secondary N) is 1. The zero-order chi connectivity index (χ0) is 14.8. The predicted octanol–water partition coefficient (Wildman–Crippen LogP) is 4.69. The minimum Gasteiger partial charge on any atom is -0.313 e. The van der Waals surface area contributed by atoms with Crippen molar-refractivity contribution in [2.45, 2.75) is 46.1 Å². The van der Waals surface area contributed by atoms with E-state index in [1.165, 1.54) is 5.56 Å². The van der Waals surface area contributed by atoms with Gasteiger partial charge in [0.1, 0.15) is 0 Å². The molecule has 3 heteroatoms. The standard InChI is InChI=1S/C17H23ClN2/c1-5-9-19-11-12-10-15(17(2,3)4)20-16-13(12)7-6-8-14(16)18/h6-8,10,19H,5,9,11H2,1-4H3. The van der Waals surface area contributed by atoms with Crippen LogP contribution in [0.3, 0.4) is 0 Å². The van der Waals surface area contributed by atoms with E-state index in [4.69, 9.17) is 16.6 Å². The minimum absolute atomic E-state index is 0.0207. The van der Waals surface area contributed by atoms with E-state index in [1.54, 1.807) is 0 Å². The summed E-state index contributed by atoms with van der Waals surface area (Å²) in [6, 6.07) is 8.21. The Morgan fingerprint density at radius 3 is 2.65 bits per heavy atom. The lowest BCUT2D eigenvalue weighted by atomic mass is 9.90. The number of aromatic nitrogens is 1. The van der Waals surface area contributed by atoms with Crippen LogP contribution in [0.5, 0.6) is 0 Å². The third-order valence-electron chi connectivity index (χ3n) is 3.39. The molecule has 108 valence electrons. The maximum absolute atomic E-state index is 6.33. The Hall–Kier alpha value is -1.12. The van der Waals surface area contributed by atoms with E-state index in [9.17, 15) is 0 Å². The second-order valence-electron chi connectivity index (χ2n) is 6.23. The topological polar surface area (TPSA) is 24.9 Å². The maximum atomic E-state index is 6.33. The van der Waals surface area contributed by atoms with Crippen molar-refractivity contribution in [1.29, 1.82) is 0 Å². The summed E-state index contributed by atoms with van der Waals surface area (Å²) in [5.74, 6) is 0. The number of rotatable bonds is 4. The summed E-state index contributed by atoms with van der Waals surface area (Å²) < 4.78 is 0. The van der Waals surface area contributed by atoms with Gasteiger partial charge in [-0.3, -0.25) is 4.98 Å². The monoisotopic (exact) mass is 290 g/mol. The van der Waals surface area contributed by atoms with E-state index in [-0.39, 0.29) is 5.41 Å². The summed E-state index contributed by atoms with van der Waals surface area (Å²) in [6.07, 6.45) is 1.13. The molecule has 2 nitrogen and oxygen atoms in total. The summed E-state index contributed by atoms with van der Waals surface area (Å²) in [4.78, 5) is 4.78. The van der Waals surface area contributed by atoms with Gasteiger partial charge in [-0.05, 0) is 30.7 Å². The van der Waals surface area contributed by atoms with Crippen LogP contribution in [0.1, 0.15) is 45.4 Å². The molecule has 1 heterocycles. The van der Waals surface area contributed by atoms with Crippen LogP contribution in [-0.4, -0.2) is 11.5 Å². The van der Waals surface area contributed by atoms with Gasteiger partial charge in [-0.15, -0.1) is 0 Å². The Labute approximate surface area is 126 Å². The summed E-state index contributed by atoms with van der Waals surface area (Å²) in [5.41, 5.74) is 3.30. The molecule has 1 aromatic carbocycles. The Morgan fingerprint density at radius 2 is 2.00 bits per heavy atom. The Morgan fingerprint density at radius 1 is 1.25 bits per heavy atom. The van der Waals surface area contributed by atoms with Gasteiger partial charge < -0.3 is 5.32 Å². The predicted molar refractivity (Wildman–Crippen MR) is 87.5 cm³/mol. The molecule has 0 atom stereocenters. The lowest BCUT2D eigenvalue weighted by molar-refractivity contribution is 0.569. The van der Waals surface area contributed by atoms with Crippen molar-refractivity contribution in [2.75, 3.05) is 6.54 Å². The summed E-state index contributed by atoms with van der Waals surface area (Å²) >= 11 is 6.33. The molecule has 0 aliphatic rings. The molecule has 2 rings (SSSR count). The van der Waals surface area contributed by atoms with Gasteiger partial charge in [-0.25, -0.2) is 0 Å². The second kappa shape index (κ2) is 6.11. The molecule has 20 heavy (non-hydrogen) atoms. The highest BCUT2D eigenvalue weighted by atomic mass is 35.5. The van der Waals surface area contributed by atoms with Gasteiger partial charge in [0.2, 0.25) is 0 Å². The third-order valence-corrected chi connectivity index (χ3v) is 3.69. The Balaban J connectivity index is 2.55. The van der Waals surface area contributed by atoms with Crippen LogP contribution in [-0.2, 0) is 12.0 Å². The highest BCUT2D eigenvalue weighted by Gasteiger charge is 2.18. The van der Waals surface area contributed by atoms with Crippen LogP contribution in [0.2, 0.25) is 5.02 Å². The first kappa shape index (κ1) is 15.3. The average molecular weight is 291 g/mol. The molecule has 1 aromatic heterocycles. The van der Waals surface area contributed by atoms with E-state index in [0.717, 1.165) is 41.1 Å². The largest absolute Gasteiger partial charge is 0.313 e. The highest BCUT2D eigenvalue weighted by Crippen LogP contribution is 2.29. The summed E-state index contributed by atoms with van der Waals surface area (Å²) in [7, 11) is 0. The molecule has 0 bridgehead atoms. The van der Waals surface area contributed by atoms with E-state index >= 15 is 0 Å².